The van der Waals surface area contributed by atoms with Gasteiger partial charge >= 0.3 is 0 Å². The van der Waals surface area contributed by atoms with E-state index in [9.17, 15) is 4.79 Å². The number of benzene rings is 1. The molecule has 0 fully saturated rings. The summed E-state index contributed by atoms with van der Waals surface area (Å²) in [7, 11) is 0. The average molecular weight is 304 g/mol. The molecule has 0 atom stereocenters. The third-order valence-electron chi connectivity index (χ3n) is 1.68. The predicted molar refractivity (Wildman–Crippen MR) is 57.9 cm³/mol. The van der Waals surface area contributed by atoms with Crippen LogP contribution in [0.5, 0.6) is 0 Å². The Kier molecular flexibility index (Phi) is 2.26. The van der Waals surface area contributed by atoms with Gasteiger partial charge in [0.15, 0.2) is 11.0 Å². The SMILES string of the molecule is O=c1ccoc2c(Br)cc(Br)cc12. The first-order valence-electron chi connectivity index (χ1n) is 3.55. The molecule has 4 heteroatoms. The van der Waals surface area contributed by atoms with Crippen LogP contribution in [0.15, 0.2) is 42.6 Å². The zero-order valence-corrected chi connectivity index (χ0v) is 9.55. The summed E-state index contributed by atoms with van der Waals surface area (Å²) in [6.07, 6.45) is 1.39. The molecule has 0 unspecified atom stereocenters. The second kappa shape index (κ2) is 3.27. The fourth-order valence-corrected chi connectivity index (χ4v) is 2.44. The zero-order chi connectivity index (χ0) is 9.42. The minimum absolute atomic E-state index is 0.0387. The number of fused-ring (bicyclic) bond motifs is 1. The Morgan fingerprint density at radius 1 is 1.23 bits per heavy atom. The second-order valence-electron chi connectivity index (χ2n) is 2.55. The predicted octanol–water partition coefficient (Wildman–Crippen LogP) is 3.32. The minimum Gasteiger partial charge on any atom is -0.463 e. The Balaban J connectivity index is 3.03. The van der Waals surface area contributed by atoms with Crippen molar-refractivity contribution in [1.29, 1.82) is 0 Å². The summed E-state index contributed by atoms with van der Waals surface area (Å²) in [5, 5.41) is 0.573. The Hall–Kier alpha value is -0.610. The van der Waals surface area contributed by atoms with E-state index in [0.717, 1.165) is 8.95 Å². The monoisotopic (exact) mass is 302 g/mol. The molecule has 0 spiro atoms. The molecule has 1 aromatic carbocycles. The van der Waals surface area contributed by atoms with E-state index in [0.29, 0.717) is 11.0 Å². The van der Waals surface area contributed by atoms with Crippen LogP contribution >= 0.6 is 31.9 Å². The normalized spacial score (nSPS) is 10.6. The molecule has 0 radical (unpaired) electrons. The van der Waals surface area contributed by atoms with Crippen molar-refractivity contribution in [3.63, 3.8) is 0 Å². The highest BCUT2D eigenvalue weighted by Gasteiger charge is 2.04. The summed E-state index contributed by atoms with van der Waals surface area (Å²) in [6, 6.07) is 4.98. The summed E-state index contributed by atoms with van der Waals surface area (Å²) in [6.45, 7) is 0. The van der Waals surface area contributed by atoms with E-state index in [1.54, 1.807) is 6.07 Å². The van der Waals surface area contributed by atoms with Crippen LogP contribution in [0.25, 0.3) is 11.0 Å². The van der Waals surface area contributed by atoms with Crippen LogP contribution in [0.3, 0.4) is 0 Å². The van der Waals surface area contributed by atoms with Gasteiger partial charge in [-0.1, -0.05) is 15.9 Å². The third kappa shape index (κ3) is 1.56. The first-order chi connectivity index (χ1) is 6.18. The smallest absolute Gasteiger partial charge is 0.192 e. The van der Waals surface area contributed by atoms with Gasteiger partial charge in [-0.3, -0.25) is 4.79 Å². The molecule has 2 nitrogen and oxygen atoms in total. The molecule has 2 aromatic rings. The van der Waals surface area contributed by atoms with Gasteiger partial charge in [0.2, 0.25) is 0 Å². The molecule has 1 aromatic heterocycles. The molecule has 0 saturated heterocycles. The lowest BCUT2D eigenvalue weighted by molar-refractivity contribution is 0.600. The van der Waals surface area contributed by atoms with E-state index in [4.69, 9.17) is 4.42 Å². The van der Waals surface area contributed by atoms with Crippen LogP contribution in [0.1, 0.15) is 0 Å². The first-order valence-corrected chi connectivity index (χ1v) is 5.13. The standard InChI is InChI=1S/C9H4Br2O2/c10-5-3-6-8(12)1-2-13-9(6)7(11)4-5/h1-4H. The number of rotatable bonds is 0. The van der Waals surface area contributed by atoms with Gasteiger partial charge in [0, 0.05) is 10.5 Å². The van der Waals surface area contributed by atoms with Gasteiger partial charge in [0.25, 0.3) is 0 Å². The molecule has 0 N–H and O–H groups in total. The van der Waals surface area contributed by atoms with Crippen molar-refractivity contribution in [2.24, 2.45) is 0 Å². The maximum Gasteiger partial charge on any atom is 0.192 e. The van der Waals surface area contributed by atoms with Gasteiger partial charge in [0.1, 0.15) is 0 Å². The van der Waals surface area contributed by atoms with E-state index in [-0.39, 0.29) is 5.43 Å². The maximum absolute atomic E-state index is 11.4. The third-order valence-corrected chi connectivity index (χ3v) is 2.73. The van der Waals surface area contributed by atoms with Crippen molar-refractivity contribution in [3.8, 4) is 0 Å². The van der Waals surface area contributed by atoms with Crippen molar-refractivity contribution in [3.05, 3.63) is 43.6 Å². The highest BCUT2D eigenvalue weighted by Crippen LogP contribution is 2.26. The lowest BCUT2D eigenvalue weighted by atomic mass is 10.2. The molecule has 0 aliphatic rings. The molecule has 0 saturated carbocycles. The molecule has 2 rings (SSSR count). The average Bonchev–Trinajstić information content (AvgIpc) is 2.07. The zero-order valence-electron chi connectivity index (χ0n) is 6.38. The summed E-state index contributed by atoms with van der Waals surface area (Å²) in [5.74, 6) is 0. The van der Waals surface area contributed by atoms with Gasteiger partial charge in [-0.15, -0.1) is 0 Å². The van der Waals surface area contributed by atoms with Gasteiger partial charge in [0.05, 0.1) is 16.1 Å². The van der Waals surface area contributed by atoms with Crippen molar-refractivity contribution in [1.82, 2.24) is 0 Å². The minimum atomic E-state index is -0.0387. The van der Waals surface area contributed by atoms with E-state index in [1.165, 1.54) is 12.3 Å². The van der Waals surface area contributed by atoms with Crippen LogP contribution in [-0.2, 0) is 0 Å². The van der Waals surface area contributed by atoms with Crippen LogP contribution in [0.4, 0.5) is 0 Å². The van der Waals surface area contributed by atoms with E-state index >= 15 is 0 Å². The molecule has 0 bridgehead atoms. The second-order valence-corrected chi connectivity index (χ2v) is 4.32. The van der Waals surface area contributed by atoms with Crippen LogP contribution in [-0.4, -0.2) is 0 Å². The summed E-state index contributed by atoms with van der Waals surface area (Å²) in [5.41, 5.74) is 0.541. The maximum atomic E-state index is 11.4. The molecule has 1 heterocycles. The molecule has 0 aliphatic heterocycles. The van der Waals surface area contributed by atoms with Crippen LogP contribution in [0.2, 0.25) is 0 Å². The van der Waals surface area contributed by atoms with Gasteiger partial charge < -0.3 is 4.42 Å². The Morgan fingerprint density at radius 2 is 2.00 bits per heavy atom. The molecule has 0 amide bonds. The highest BCUT2D eigenvalue weighted by atomic mass is 79.9. The van der Waals surface area contributed by atoms with E-state index in [1.807, 2.05) is 6.07 Å². The number of hydrogen-bond acceptors (Lipinski definition) is 2. The van der Waals surface area contributed by atoms with Gasteiger partial charge in [-0.2, -0.15) is 0 Å². The Labute approximate surface area is 90.8 Å². The van der Waals surface area contributed by atoms with Crippen molar-refractivity contribution in [2.75, 3.05) is 0 Å². The molecular formula is C9H4Br2O2. The lowest BCUT2D eigenvalue weighted by Crippen LogP contribution is -1.97. The Morgan fingerprint density at radius 3 is 2.77 bits per heavy atom. The van der Waals surface area contributed by atoms with Crippen LogP contribution < -0.4 is 5.43 Å². The summed E-state index contributed by atoms with van der Waals surface area (Å²) in [4.78, 5) is 11.4. The summed E-state index contributed by atoms with van der Waals surface area (Å²) < 4.78 is 6.84. The largest absolute Gasteiger partial charge is 0.463 e. The fraction of sp³-hybridized carbons (Fsp3) is 0. The van der Waals surface area contributed by atoms with Gasteiger partial charge in [-0.05, 0) is 28.1 Å². The molecular weight excluding hydrogens is 300 g/mol. The molecule has 0 aliphatic carbocycles. The van der Waals surface area contributed by atoms with Crippen LogP contribution in [0, 0.1) is 0 Å². The van der Waals surface area contributed by atoms with Gasteiger partial charge in [-0.25, -0.2) is 0 Å². The number of hydrogen-bond donors (Lipinski definition) is 0. The quantitative estimate of drug-likeness (QED) is 0.747. The number of halogens is 2. The van der Waals surface area contributed by atoms with Crippen molar-refractivity contribution >= 4 is 42.8 Å². The highest BCUT2D eigenvalue weighted by molar-refractivity contribution is 9.11. The summed E-state index contributed by atoms with van der Waals surface area (Å²) >= 11 is 6.63. The van der Waals surface area contributed by atoms with Crippen molar-refractivity contribution in [2.45, 2.75) is 0 Å². The first kappa shape index (κ1) is 8.97. The fourth-order valence-electron chi connectivity index (χ4n) is 1.12. The molecule has 13 heavy (non-hydrogen) atoms. The van der Waals surface area contributed by atoms with E-state index < -0.39 is 0 Å². The lowest BCUT2D eigenvalue weighted by Gasteiger charge is -1.98. The van der Waals surface area contributed by atoms with Crippen molar-refractivity contribution < 1.29 is 4.42 Å². The topological polar surface area (TPSA) is 30.2 Å². The Bertz CT molecular complexity index is 516. The molecule has 66 valence electrons. The van der Waals surface area contributed by atoms with E-state index in [2.05, 4.69) is 31.9 Å².